The van der Waals surface area contributed by atoms with Crippen LogP contribution < -0.4 is 15.5 Å². The van der Waals surface area contributed by atoms with Crippen LogP contribution >= 0.6 is 11.6 Å². The smallest absolute Gasteiger partial charge is 0.344 e. The predicted molar refractivity (Wildman–Crippen MR) is 95.6 cm³/mol. The molecule has 7 nitrogen and oxygen atoms in total. The predicted octanol–water partition coefficient (Wildman–Crippen LogP) is 2.70. The molecule has 1 atom stereocenters. The van der Waals surface area contributed by atoms with Crippen LogP contribution in [-0.4, -0.2) is 34.5 Å². The van der Waals surface area contributed by atoms with Crippen molar-refractivity contribution in [2.24, 2.45) is 0 Å². The first-order chi connectivity index (χ1) is 12.3. The maximum atomic E-state index is 12.7. The Morgan fingerprint density at radius 3 is 2.65 bits per heavy atom. The molecule has 2 aliphatic rings. The molecule has 4 amide bonds. The molecule has 1 aromatic rings. The summed E-state index contributed by atoms with van der Waals surface area (Å²) in [7, 11) is 0. The van der Waals surface area contributed by atoms with E-state index in [0.29, 0.717) is 23.6 Å². The van der Waals surface area contributed by atoms with Crippen LogP contribution in [0.5, 0.6) is 5.75 Å². The standard InChI is InChI=1S/C18H22ClN3O4/c1-11-10-13(19)6-7-14(11)26-12(2)15(23)21-22-16(24)18(20-17(22)25)8-4-3-5-9-18/h6-7,10,12H,3-5,8-9H2,1-2H3,(H,20,25)(H,21,23). The number of halogens is 1. The number of hydrazine groups is 1. The first-order valence-corrected chi connectivity index (χ1v) is 9.10. The lowest BCUT2D eigenvalue weighted by molar-refractivity contribution is -0.142. The van der Waals surface area contributed by atoms with Gasteiger partial charge in [0, 0.05) is 5.02 Å². The average Bonchev–Trinajstić information content (AvgIpc) is 2.82. The molecule has 1 aliphatic carbocycles. The number of carbonyl (C=O) groups excluding carboxylic acids is 3. The molecular weight excluding hydrogens is 358 g/mol. The molecule has 2 N–H and O–H groups in total. The Balaban J connectivity index is 1.65. The Morgan fingerprint density at radius 2 is 2.00 bits per heavy atom. The van der Waals surface area contributed by atoms with Gasteiger partial charge in [-0.15, -0.1) is 0 Å². The number of nitrogens with zero attached hydrogens (tertiary/aromatic N) is 1. The third-order valence-electron chi connectivity index (χ3n) is 4.90. The van der Waals surface area contributed by atoms with Gasteiger partial charge in [-0.3, -0.25) is 15.0 Å². The quantitative estimate of drug-likeness (QED) is 0.787. The molecule has 0 radical (unpaired) electrons. The van der Waals surface area contributed by atoms with E-state index in [-0.39, 0.29) is 0 Å². The zero-order valence-corrected chi connectivity index (χ0v) is 15.6. The Labute approximate surface area is 157 Å². The van der Waals surface area contributed by atoms with Crippen LogP contribution in [0, 0.1) is 6.92 Å². The number of urea groups is 1. The summed E-state index contributed by atoms with van der Waals surface area (Å²) in [6, 6.07) is 4.47. The second kappa shape index (κ2) is 7.15. The molecule has 26 heavy (non-hydrogen) atoms. The fourth-order valence-corrected chi connectivity index (χ4v) is 3.63. The van der Waals surface area contributed by atoms with Crippen molar-refractivity contribution < 1.29 is 19.1 Å². The summed E-state index contributed by atoms with van der Waals surface area (Å²) in [6.45, 7) is 3.37. The van der Waals surface area contributed by atoms with E-state index in [1.165, 1.54) is 0 Å². The van der Waals surface area contributed by atoms with Gasteiger partial charge in [0.15, 0.2) is 6.10 Å². The molecule has 1 spiro atoms. The van der Waals surface area contributed by atoms with Crippen molar-refractivity contribution in [3.63, 3.8) is 0 Å². The third kappa shape index (κ3) is 3.49. The Morgan fingerprint density at radius 1 is 1.31 bits per heavy atom. The summed E-state index contributed by atoms with van der Waals surface area (Å²) in [5, 5.41) is 4.10. The van der Waals surface area contributed by atoms with E-state index >= 15 is 0 Å². The highest BCUT2D eigenvalue weighted by atomic mass is 35.5. The van der Waals surface area contributed by atoms with E-state index in [2.05, 4.69) is 10.7 Å². The van der Waals surface area contributed by atoms with E-state index in [0.717, 1.165) is 29.8 Å². The minimum Gasteiger partial charge on any atom is -0.481 e. The largest absolute Gasteiger partial charge is 0.481 e. The maximum Gasteiger partial charge on any atom is 0.344 e. The summed E-state index contributed by atoms with van der Waals surface area (Å²) < 4.78 is 5.64. The van der Waals surface area contributed by atoms with E-state index in [9.17, 15) is 14.4 Å². The average molecular weight is 380 g/mol. The van der Waals surface area contributed by atoms with Gasteiger partial charge in [0.2, 0.25) is 0 Å². The highest BCUT2D eigenvalue weighted by molar-refractivity contribution is 6.30. The lowest BCUT2D eigenvalue weighted by Gasteiger charge is -2.30. The zero-order chi connectivity index (χ0) is 18.9. The molecule has 1 heterocycles. The minimum atomic E-state index is -0.890. The van der Waals surface area contributed by atoms with Gasteiger partial charge >= 0.3 is 6.03 Å². The molecule has 8 heteroatoms. The van der Waals surface area contributed by atoms with Crippen LogP contribution in [0.15, 0.2) is 18.2 Å². The fourth-order valence-electron chi connectivity index (χ4n) is 3.41. The number of rotatable bonds is 4. The van der Waals surface area contributed by atoms with Crippen molar-refractivity contribution in [3.8, 4) is 5.75 Å². The number of benzene rings is 1. The van der Waals surface area contributed by atoms with Gasteiger partial charge in [-0.05, 0) is 50.5 Å². The highest BCUT2D eigenvalue weighted by Gasteiger charge is 2.52. The number of hydrogen-bond acceptors (Lipinski definition) is 4. The Kier molecular flexibility index (Phi) is 5.09. The summed E-state index contributed by atoms with van der Waals surface area (Å²) in [5.41, 5.74) is 2.29. The number of hydrogen-bond donors (Lipinski definition) is 2. The van der Waals surface area contributed by atoms with E-state index in [1.54, 1.807) is 25.1 Å². The lowest BCUT2D eigenvalue weighted by Crippen LogP contribution is -2.53. The van der Waals surface area contributed by atoms with Crippen LogP contribution in [-0.2, 0) is 9.59 Å². The van der Waals surface area contributed by atoms with Crippen molar-refractivity contribution in [2.75, 3.05) is 0 Å². The molecule has 2 fully saturated rings. The Hall–Kier alpha value is -2.28. The summed E-state index contributed by atoms with van der Waals surface area (Å²) >= 11 is 5.91. The van der Waals surface area contributed by atoms with Crippen molar-refractivity contribution in [1.82, 2.24) is 15.8 Å². The third-order valence-corrected chi connectivity index (χ3v) is 5.14. The summed E-state index contributed by atoms with van der Waals surface area (Å²) in [4.78, 5) is 37.3. The number of nitrogens with one attached hydrogen (secondary N) is 2. The van der Waals surface area contributed by atoms with Gasteiger partial charge in [-0.25, -0.2) is 4.79 Å². The first-order valence-electron chi connectivity index (χ1n) is 8.72. The zero-order valence-electron chi connectivity index (χ0n) is 14.8. The fraction of sp³-hybridized carbons (Fsp3) is 0.500. The van der Waals surface area contributed by atoms with Crippen LogP contribution in [0.3, 0.4) is 0 Å². The van der Waals surface area contributed by atoms with Gasteiger partial charge in [0.05, 0.1) is 0 Å². The molecule has 1 unspecified atom stereocenters. The van der Waals surface area contributed by atoms with Crippen molar-refractivity contribution in [3.05, 3.63) is 28.8 Å². The molecular formula is C18H22ClN3O4. The molecule has 1 saturated carbocycles. The number of aryl methyl sites for hydroxylation is 1. The van der Waals surface area contributed by atoms with E-state index < -0.39 is 29.5 Å². The SMILES string of the molecule is Cc1cc(Cl)ccc1OC(C)C(=O)NN1C(=O)NC2(CCCCC2)C1=O. The second-order valence-electron chi connectivity index (χ2n) is 6.86. The number of amides is 4. The Bertz CT molecular complexity index is 746. The monoisotopic (exact) mass is 379 g/mol. The van der Waals surface area contributed by atoms with Gasteiger partial charge in [0.25, 0.3) is 11.8 Å². The molecule has 140 valence electrons. The van der Waals surface area contributed by atoms with Gasteiger partial charge in [-0.2, -0.15) is 5.01 Å². The van der Waals surface area contributed by atoms with Crippen LogP contribution in [0.25, 0.3) is 0 Å². The normalized spacial score (nSPS) is 20.0. The summed E-state index contributed by atoms with van der Waals surface area (Å²) in [6.07, 6.45) is 3.10. The van der Waals surface area contributed by atoms with Crippen LogP contribution in [0.1, 0.15) is 44.6 Å². The molecule has 0 aromatic heterocycles. The van der Waals surface area contributed by atoms with Gasteiger partial charge in [-0.1, -0.05) is 30.9 Å². The number of ether oxygens (including phenoxy) is 1. The molecule has 1 aliphatic heterocycles. The molecule has 1 aromatic carbocycles. The highest BCUT2D eigenvalue weighted by Crippen LogP contribution is 2.33. The van der Waals surface area contributed by atoms with Crippen LogP contribution in [0.2, 0.25) is 5.02 Å². The minimum absolute atomic E-state index is 0.398. The van der Waals surface area contributed by atoms with Gasteiger partial charge in [0.1, 0.15) is 11.3 Å². The van der Waals surface area contributed by atoms with E-state index in [1.807, 2.05) is 6.92 Å². The van der Waals surface area contributed by atoms with Crippen molar-refractivity contribution in [1.29, 1.82) is 0 Å². The van der Waals surface area contributed by atoms with Crippen molar-refractivity contribution in [2.45, 2.75) is 57.6 Å². The molecule has 1 saturated heterocycles. The van der Waals surface area contributed by atoms with Crippen LogP contribution in [0.4, 0.5) is 4.79 Å². The van der Waals surface area contributed by atoms with E-state index in [4.69, 9.17) is 16.3 Å². The lowest BCUT2D eigenvalue weighted by atomic mass is 9.82. The second-order valence-corrected chi connectivity index (χ2v) is 7.30. The van der Waals surface area contributed by atoms with Crippen molar-refractivity contribution >= 4 is 29.4 Å². The topological polar surface area (TPSA) is 87.7 Å². The maximum absolute atomic E-state index is 12.7. The number of imide groups is 1. The first kappa shape index (κ1) is 18.5. The van der Waals surface area contributed by atoms with Gasteiger partial charge < -0.3 is 10.1 Å². The summed E-state index contributed by atoms with van der Waals surface area (Å²) in [5.74, 6) is -0.459. The number of carbonyl (C=O) groups is 3. The molecule has 0 bridgehead atoms. The molecule has 3 rings (SSSR count).